The summed E-state index contributed by atoms with van der Waals surface area (Å²) in [6.45, 7) is 8.16. The standard InChI is InChI=1S/C77H123N9O18/c1-77(2,3)104-76(96)54-18-24-58(25-19-54)84-68(89)13-9-44-99-60-28-34-63(35-29-60)102-46-40-80-70(91)51-86(50-69(90)79-39-45-101-62-32-26-59(27-33-62)98-43-8-12-67(88)83-57-22-16-53(17-23-57)75(95)97-5)74(94)52-14-20-56(21-15-52)82-66(87)11-7-42-100-61-30-36-64(37-31-61)103-47-41-81-73(93)65-48-71(92)85(4)72(65)55-10-6-38-78-49-55/h6,10,38,49,52-54,56-65,72H,7-9,11-37,39-48,50-51H2,1-5H3,(H,79,90)(H,80,91)(H,81,93)(H,82,87)(H,83,88)(H,84,89)/t52?,53?,54?,56?,57?,58?,59?,60?,61?,62?,63?,64?,65-,72+/m0/s1. The lowest BCUT2D eigenvalue weighted by atomic mass is 9.85. The molecule has 1 saturated heterocycles. The first-order valence-electron chi connectivity index (χ1n) is 39.3. The van der Waals surface area contributed by atoms with E-state index in [1.54, 1.807) is 30.4 Å². The van der Waals surface area contributed by atoms with Crippen molar-refractivity contribution in [1.82, 2.24) is 46.7 Å². The van der Waals surface area contributed by atoms with E-state index in [1.807, 2.05) is 26.8 Å². The summed E-state index contributed by atoms with van der Waals surface area (Å²) < 4.78 is 47.3. The second-order valence-electron chi connectivity index (χ2n) is 30.9. The van der Waals surface area contributed by atoms with Crippen LogP contribution in [0.1, 0.15) is 231 Å². The van der Waals surface area contributed by atoms with Crippen LogP contribution in [0, 0.1) is 23.7 Å². The van der Waals surface area contributed by atoms with E-state index < -0.39 is 29.3 Å². The molecule has 584 valence electrons. The summed E-state index contributed by atoms with van der Waals surface area (Å²) in [6.07, 6.45) is 24.6. The molecule has 1 aliphatic heterocycles. The van der Waals surface area contributed by atoms with E-state index in [2.05, 4.69) is 36.9 Å². The minimum absolute atomic E-state index is 0.00211. The summed E-state index contributed by atoms with van der Waals surface area (Å²) in [5.74, 6) is -2.88. The highest BCUT2D eigenvalue weighted by atomic mass is 16.6. The number of carbonyl (C=O) groups excluding carboxylic acids is 10. The second-order valence-corrected chi connectivity index (χ2v) is 30.9. The Labute approximate surface area is 615 Å². The lowest BCUT2D eigenvalue weighted by Crippen LogP contribution is -2.49. The fourth-order valence-electron chi connectivity index (χ4n) is 15.8. The predicted molar refractivity (Wildman–Crippen MR) is 385 cm³/mol. The van der Waals surface area contributed by atoms with E-state index in [9.17, 15) is 47.9 Å². The zero-order valence-electron chi connectivity index (χ0n) is 62.8. The summed E-state index contributed by atoms with van der Waals surface area (Å²) in [5.41, 5.74) is 0.319. The first-order valence-corrected chi connectivity index (χ1v) is 39.3. The molecule has 27 nitrogen and oxygen atoms in total. The van der Waals surface area contributed by atoms with Gasteiger partial charge in [0.25, 0.3) is 0 Å². The first-order chi connectivity index (χ1) is 50.1. The lowest BCUT2D eigenvalue weighted by Gasteiger charge is -2.32. The molecule has 8 rings (SSSR count). The number of carbonyl (C=O) groups is 10. The van der Waals surface area contributed by atoms with Gasteiger partial charge in [-0.2, -0.15) is 0 Å². The van der Waals surface area contributed by atoms with Gasteiger partial charge in [0.1, 0.15) is 18.7 Å². The number of amides is 8. The van der Waals surface area contributed by atoms with Gasteiger partial charge in [-0.15, -0.1) is 0 Å². The summed E-state index contributed by atoms with van der Waals surface area (Å²) >= 11 is 0. The third-order valence-electron chi connectivity index (χ3n) is 21.7. The number of rotatable bonds is 39. The summed E-state index contributed by atoms with van der Waals surface area (Å²) in [7, 11) is 3.13. The second kappa shape index (κ2) is 44.0. The van der Waals surface area contributed by atoms with Crippen LogP contribution in [-0.2, 0) is 85.8 Å². The Morgan fingerprint density at radius 1 is 0.481 bits per heavy atom. The van der Waals surface area contributed by atoms with Gasteiger partial charge in [-0.1, -0.05) is 6.07 Å². The Bertz CT molecular complexity index is 2840. The van der Waals surface area contributed by atoms with Crippen molar-refractivity contribution in [3.8, 4) is 0 Å². The molecule has 27 heteroatoms. The van der Waals surface area contributed by atoms with Crippen LogP contribution in [-0.4, -0.2) is 221 Å². The van der Waals surface area contributed by atoms with Gasteiger partial charge < -0.3 is 79.6 Å². The van der Waals surface area contributed by atoms with Crippen LogP contribution >= 0.6 is 0 Å². The van der Waals surface area contributed by atoms with E-state index in [1.165, 1.54) is 12.0 Å². The molecular formula is C77H123N9O18. The van der Waals surface area contributed by atoms with Crippen LogP contribution < -0.4 is 31.9 Å². The summed E-state index contributed by atoms with van der Waals surface area (Å²) in [6, 6.07) is 3.38. The molecule has 1 aromatic heterocycles. The minimum Gasteiger partial charge on any atom is -0.469 e. The number of nitrogens with zero attached hydrogens (tertiary/aromatic N) is 3. The minimum atomic E-state index is -0.512. The van der Waals surface area contributed by atoms with Gasteiger partial charge >= 0.3 is 11.9 Å². The largest absolute Gasteiger partial charge is 0.469 e. The highest BCUT2D eigenvalue weighted by Gasteiger charge is 2.43. The Hall–Kier alpha value is -6.39. The maximum absolute atomic E-state index is 14.3. The van der Waals surface area contributed by atoms with Crippen molar-refractivity contribution >= 4 is 59.2 Å². The highest BCUT2D eigenvalue weighted by Crippen LogP contribution is 2.37. The van der Waals surface area contributed by atoms with E-state index >= 15 is 0 Å². The molecule has 2 atom stereocenters. The van der Waals surface area contributed by atoms with Crippen molar-refractivity contribution in [2.24, 2.45) is 23.7 Å². The van der Waals surface area contributed by atoms with Gasteiger partial charge in [0.2, 0.25) is 47.3 Å². The molecule has 0 unspecified atom stereocenters. The van der Waals surface area contributed by atoms with Crippen molar-refractivity contribution in [3.05, 3.63) is 30.1 Å². The number of esters is 2. The number of ether oxygens (including phenoxy) is 8. The molecule has 7 fully saturated rings. The summed E-state index contributed by atoms with van der Waals surface area (Å²) in [5, 5.41) is 18.2. The van der Waals surface area contributed by atoms with E-state index in [-0.39, 0.29) is 166 Å². The number of aromatic nitrogens is 1. The van der Waals surface area contributed by atoms with Crippen LogP contribution in [0.2, 0.25) is 0 Å². The van der Waals surface area contributed by atoms with Crippen molar-refractivity contribution in [3.63, 3.8) is 0 Å². The Kier molecular flexibility index (Phi) is 35.3. The van der Waals surface area contributed by atoms with Gasteiger partial charge in [-0.3, -0.25) is 52.9 Å². The van der Waals surface area contributed by atoms with E-state index in [0.29, 0.717) is 110 Å². The van der Waals surface area contributed by atoms with Gasteiger partial charge in [0.15, 0.2) is 0 Å². The molecule has 1 aromatic rings. The molecule has 2 heterocycles. The molecule has 6 saturated carbocycles. The maximum atomic E-state index is 14.3. The molecular weight excluding hydrogens is 1340 g/mol. The molecule has 104 heavy (non-hydrogen) atoms. The SMILES string of the molecule is COC(=O)C1CCC(NC(=O)CCCOC2CCC(OCCNC(=O)CN(CC(=O)NCCOC3CCC(OCCCC(=O)NC4CCC(C(=O)OC(C)(C)C)CC4)CC3)C(=O)C3CCC(NC(=O)CCCOC4CCC(OCCNC(=O)[C@H]5CC(=O)N(C)[C@@H]5c5cccnc5)CC4)CC3)CC2)CC1. The fourth-order valence-corrected chi connectivity index (χ4v) is 15.8. The third kappa shape index (κ3) is 29.4. The van der Waals surface area contributed by atoms with Crippen LogP contribution in [0.3, 0.4) is 0 Å². The average molecular weight is 1460 g/mol. The van der Waals surface area contributed by atoms with Gasteiger partial charge in [0, 0.05) is 109 Å². The van der Waals surface area contributed by atoms with E-state index in [0.717, 1.165) is 121 Å². The average Bonchev–Trinajstić information content (AvgIpc) is 1.65. The smallest absolute Gasteiger partial charge is 0.309 e. The van der Waals surface area contributed by atoms with Crippen LogP contribution in [0.15, 0.2) is 24.5 Å². The number of likely N-dealkylation sites (tertiary alicyclic amines) is 1. The number of pyridine rings is 1. The molecule has 0 spiro atoms. The predicted octanol–water partition coefficient (Wildman–Crippen LogP) is 6.69. The van der Waals surface area contributed by atoms with Gasteiger partial charge in [-0.25, -0.2) is 0 Å². The van der Waals surface area contributed by atoms with Crippen LogP contribution in [0.5, 0.6) is 0 Å². The molecule has 7 aliphatic rings. The Morgan fingerprint density at radius 3 is 1.21 bits per heavy atom. The molecule has 0 radical (unpaired) electrons. The zero-order chi connectivity index (χ0) is 74.2. The molecule has 6 aliphatic carbocycles. The zero-order valence-corrected chi connectivity index (χ0v) is 62.8. The first kappa shape index (κ1) is 83.3. The molecule has 0 aromatic carbocycles. The third-order valence-corrected chi connectivity index (χ3v) is 21.7. The molecule has 6 N–H and O–H groups in total. The van der Waals surface area contributed by atoms with Gasteiger partial charge in [0.05, 0.1) is 87.3 Å². The van der Waals surface area contributed by atoms with Crippen LogP contribution in [0.25, 0.3) is 0 Å². The number of methoxy groups -OCH3 is 1. The Balaban J connectivity index is 0.681. The van der Waals surface area contributed by atoms with Crippen molar-refractivity contribution in [1.29, 1.82) is 0 Å². The van der Waals surface area contributed by atoms with Crippen LogP contribution in [0.4, 0.5) is 0 Å². The van der Waals surface area contributed by atoms with Crippen molar-refractivity contribution < 1.29 is 85.8 Å². The van der Waals surface area contributed by atoms with Crippen molar-refractivity contribution in [2.75, 3.05) is 86.5 Å². The number of hydrogen-bond acceptors (Lipinski definition) is 19. The lowest BCUT2D eigenvalue weighted by molar-refractivity contribution is -0.161. The topological polar surface area (TPSA) is 336 Å². The quantitative estimate of drug-likeness (QED) is 0.0295. The van der Waals surface area contributed by atoms with Gasteiger partial charge in [-0.05, 0) is 206 Å². The Morgan fingerprint density at radius 2 is 0.846 bits per heavy atom. The number of nitrogens with one attached hydrogen (secondary N) is 6. The molecule has 8 amide bonds. The maximum Gasteiger partial charge on any atom is 0.309 e. The normalized spacial score (nSPS) is 27.4. The highest BCUT2D eigenvalue weighted by molar-refractivity contribution is 5.91. The van der Waals surface area contributed by atoms with E-state index in [4.69, 9.17) is 37.9 Å². The number of hydrogen-bond donors (Lipinski definition) is 6. The molecule has 0 bridgehead atoms. The summed E-state index contributed by atoms with van der Waals surface area (Å²) in [4.78, 5) is 137. The fraction of sp³-hybridized carbons (Fsp3) is 0.805. The monoisotopic (exact) mass is 1460 g/mol. The van der Waals surface area contributed by atoms with Crippen molar-refractivity contribution in [2.45, 2.75) is 286 Å².